The standard InChI is InChI=1S/C8H15N3O2/c1-9(2)6-5-8(10(3)4)7-11(12)13/h5-7H,1-4H3/b6-5-,8-7-. The average molecular weight is 185 g/mol. The van der Waals surface area contributed by atoms with Crippen LogP contribution in [0.1, 0.15) is 0 Å². The topological polar surface area (TPSA) is 49.6 Å². The molecule has 74 valence electrons. The van der Waals surface area contributed by atoms with Crippen molar-refractivity contribution in [3.8, 4) is 0 Å². The van der Waals surface area contributed by atoms with Crippen LogP contribution in [0, 0.1) is 10.1 Å². The van der Waals surface area contributed by atoms with Gasteiger partial charge >= 0.3 is 0 Å². The van der Waals surface area contributed by atoms with Gasteiger partial charge in [0.25, 0.3) is 6.20 Å². The van der Waals surface area contributed by atoms with Crippen molar-refractivity contribution in [3.05, 3.63) is 34.3 Å². The van der Waals surface area contributed by atoms with Crippen LogP contribution in [-0.4, -0.2) is 42.9 Å². The summed E-state index contributed by atoms with van der Waals surface area (Å²) in [5, 5.41) is 10.2. The molecule has 0 radical (unpaired) electrons. The predicted molar refractivity (Wildman–Crippen MR) is 51.6 cm³/mol. The Bertz CT molecular complexity index is 232. The smallest absolute Gasteiger partial charge is 0.257 e. The quantitative estimate of drug-likeness (QED) is 0.368. The molecule has 0 spiro atoms. The summed E-state index contributed by atoms with van der Waals surface area (Å²) in [6.07, 6.45) is 4.41. The SMILES string of the molecule is CN(C)/C=C\C(=C\[N+](=O)[O-])N(C)C. The molecule has 0 saturated heterocycles. The van der Waals surface area contributed by atoms with Gasteiger partial charge in [-0.05, 0) is 6.08 Å². The Morgan fingerprint density at radius 2 is 1.85 bits per heavy atom. The molecule has 5 heteroatoms. The van der Waals surface area contributed by atoms with E-state index >= 15 is 0 Å². The fourth-order valence-corrected chi connectivity index (χ4v) is 0.641. The molecule has 0 aromatic carbocycles. The van der Waals surface area contributed by atoms with E-state index in [9.17, 15) is 10.1 Å². The summed E-state index contributed by atoms with van der Waals surface area (Å²) in [4.78, 5) is 13.3. The van der Waals surface area contributed by atoms with E-state index in [0.717, 1.165) is 6.20 Å². The third-order valence-electron chi connectivity index (χ3n) is 1.30. The van der Waals surface area contributed by atoms with Gasteiger partial charge in [0, 0.05) is 34.4 Å². The Morgan fingerprint density at radius 1 is 1.31 bits per heavy atom. The number of hydrogen-bond acceptors (Lipinski definition) is 4. The Labute approximate surface area is 78.1 Å². The summed E-state index contributed by atoms with van der Waals surface area (Å²) < 4.78 is 0. The lowest BCUT2D eigenvalue weighted by atomic mass is 10.4. The van der Waals surface area contributed by atoms with Gasteiger partial charge in [-0.25, -0.2) is 0 Å². The van der Waals surface area contributed by atoms with E-state index in [0.29, 0.717) is 5.70 Å². The van der Waals surface area contributed by atoms with Crippen LogP contribution in [0.5, 0.6) is 0 Å². The number of hydrogen-bond donors (Lipinski definition) is 0. The number of nitro groups is 1. The van der Waals surface area contributed by atoms with Crippen LogP contribution < -0.4 is 0 Å². The van der Waals surface area contributed by atoms with Crippen molar-refractivity contribution in [2.24, 2.45) is 0 Å². The van der Waals surface area contributed by atoms with Crippen molar-refractivity contribution >= 4 is 0 Å². The fraction of sp³-hybridized carbons (Fsp3) is 0.500. The summed E-state index contributed by atoms with van der Waals surface area (Å²) in [6.45, 7) is 0. The average Bonchev–Trinajstić information content (AvgIpc) is 1.96. The zero-order valence-electron chi connectivity index (χ0n) is 8.39. The van der Waals surface area contributed by atoms with Gasteiger partial charge in [0.2, 0.25) is 0 Å². The first kappa shape index (κ1) is 11.5. The Hall–Kier alpha value is -1.52. The van der Waals surface area contributed by atoms with Gasteiger partial charge in [0.15, 0.2) is 0 Å². The maximum absolute atomic E-state index is 10.2. The van der Waals surface area contributed by atoms with Gasteiger partial charge in [-0.2, -0.15) is 0 Å². The van der Waals surface area contributed by atoms with Gasteiger partial charge in [0.1, 0.15) is 5.70 Å². The molecule has 0 fully saturated rings. The van der Waals surface area contributed by atoms with Crippen molar-refractivity contribution < 1.29 is 4.92 Å². The number of rotatable bonds is 4. The lowest BCUT2D eigenvalue weighted by molar-refractivity contribution is -0.404. The second kappa shape index (κ2) is 5.18. The minimum Gasteiger partial charge on any atom is -0.383 e. The molecule has 0 aliphatic rings. The zero-order chi connectivity index (χ0) is 10.4. The van der Waals surface area contributed by atoms with E-state index in [1.54, 1.807) is 31.3 Å². The third-order valence-corrected chi connectivity index (χ3v) is 1.30. The molecule has 0 saturated carbocycles. The minimum absolute atomic E-state index is 0.463. The van der Waals surface area contributed by atoms with Crippen molar-refractivity contribution in [1.29, 1.82) is 0 Å². The van der Waals surface area contributed by atoms with E-state index < -0.39 is 4.92 Å². The van der Waals surface area contributed by atoms with Crippen LogP contribution in [0.4, 0.5) is 0 Å². The lowest BCUT2D eigenvalue weighted by Gasteiger charge is -2.11. The van der Waals surface area contributed by atoms with E-state index in [4.69, 9.17) is 0 Å². The lowest BCUT2D eigenvalue weighted by Crippen LogP contribution is -2.12. The first-order valence-corrected chi connectivity index (χ1v) is 3.80. The maximum Gasteiger partial charge on any atom is 0.257 e. The van der Waals surface area contributed by atoms with Crippen molar-refractivity contribution in [1.82, 2.24) is 9.80 Å². The highest BCUT2D eigenvalue weighted by molar-refractivity contribution is 5.13. The van der Waals surface area contributed by atoms with Gasteiger partial charge in [0.05, 0.1) is 4.92 Å². The Morgan fingerprint density at radius 3 is 2.15 bits per heavy atom. The van der Waals surface area contributed by atoms with E-state index in [-0.39, 0.29) is 0 Å². The molecule has 0 bridgehead atoms. The summed E-state index contributed by atoms with van der Waals surface area (Å²) in [5.41, 5.74) is 0.554. The largest absolute Gasteiger partial charge is 0.383 e. The van der Waals surface area contributed by atoms with Crippen LogP contribution in [0.2, 0.25) is 0 Å². The highest BCUT2D eigenvalue weighted by Crippen LogP contribution is 2.00. The molecule has 5 nitrogen and oxygen atoms in total. The van der Waals surface area contributed by atoms with E-state index in [2.05, 4.69) is 0 Å². The molecule has 0 heterocycles. The number of nitrogens with zero attached hydrogens (tertiary/aromatic N) is 3. The molecule has 0 rings (SSSR count). The van der Waals surface area contributed by atoms with Crippen LogP contribution in [-0.2, 0) is 0 Å². The van der Waals surface area contributed by atoms with E-state index in [1.165, 1.54) is 0 Å². The highest BCUT2D eigenvalue weighted by Gasteiger charge is 2.00. The van der Waals surface area contributed by atoms with E-state index in [1.807, 2.05) is 19.0 Å². The highest BCUT2D eigenvalue weighted by atomic mass is 16.6. The molecule has 0 aromatic rings. The molecule has 0 N–H and O–H groups in total. The molecule has 13 heavy (non-hydrogen) atoms. The Balaban J connectivity index is 4.54. The van der Waals surface area contributed by atoms with Crippen LogP contribution >= 0.6 is 0 Å². The van der Waals surface area contributed by atoms with Crippen molar-refractivity contribution in [2.75, 3.05) is 28.2 Å². The normalized spacial score (nSPS) is 11.8. The maximum atomic E-state index is 10.2. The van der Waals surface area contributed by atoms with Crippen LogP contribution in [0.15, 0.2) is 24.2 Å². The van der Waals surface area contributed by atoms with Gasteiger partial charge in [-0.15, -0.1) is 0 Å². The van der Waals surface area contributed by atoms with Gasteiger partial charge in [-0.3, -0.25) is 10.1 Å². The minimum atomic E-state index is -0.463. The summed E-state index contributed by atoms with van der Waals surface area (Å²) in [5.74, 6) is 0. The second-order valence-electron chi connectivity index (χ2n) is 3.01. The molecular weight excluding hydrogens is 170 g/mol. The van der Waals surface area contributed by atoms with Crippen molar-refractivity contribution in [3.63, 3.8) is 0 Å². The molecule has 0 amide bonds. The molecular formula is C8H15N3O2. The van der Waals surface area contributed by atoms with Gasteiger partial charge in [-0.1, -0.05) is 0 Å². The number of likely N-dealkylation sites (N-methyl/N-ethyl adjacent to an activating group) is 1. The molecule has 0 aliphatic heterocycles. The monoisotopic (exact) mass is 185 g/mol. The predicted octanol–water partition coefficient (Wildman–Crippen LogP) is 0.741. The first-order chi connectivity index (χ1) is 5.93. The Kier molecular flexibility index (Phi) is 4.58. The second-order valence-corrected chi connectivity index (χ2v) is 3.01. The third kappa shape index (κ3) is 5.72. The molecule has 0 unspecified atom stereocenters. The van der Waals surface area contributed by atoms with Crippen LogP contribution in [0.3, 0.4) is 0 Å². The fourth-order valence-electron chi connectivity index (χ4n) is 0.641. The zero-order valence-corrected chi connectivity index (χ0v) is 8.39. The summed E-state index contributed by atoms with van der Waals surface area (Å²) >= 11 is 0. The van der Waals surface area contributed by atoms with Crippen LogP contribution in [0.25, 0.3) is 0 Å². The van der Waals surface area contributed by atoms with Crippen molar-refractivity contribution in [2.45, 2.75) is 0 Å². The van der Waals surface area contributed by atoms with Gasteiger partial charge < -0.3 is 9.80 Å². The summed E-state index contributed by atoms with van der Waals surface area (Å²) in [6, 6.07) is 0. The molecule has 0 aliphatic carbocycles. The molecule has 0 aromatic heterocycles. The molecule has 0 atom stereocenters. The first-order valence-electron chi connectivity index (χ1n) is 3.80. The number of allylic oxidation sites excluding steroid dienone is 1. The summed E-state index contributed by atoms with van der Waals surface area (Å²) in [7, 11) is 7.23.